The summed E-state index contributed by atoms with van der Waals surface area (Å²) in [6.07, 6.45) is 4.52. The van der Waals surface area contributed by atoms with Crippen molar-refractivity contribution in [1.82, 2.24) is 10.3 Å². The van der Waals surface area contributed by atoms with Gasteiger partial charge < -0.3 is 21.5 Å². The van der Waals surface area contributed by atoms with Crippen molar-refractivity contribution in [3.63, 3.8) is 0 Å². The second-order valence-electron chi connectivity index (χ2n) is 5.30. The third-order valence-electron chi connectivity index (χ3n) is 3.74. The van der Waals surface area contributed by atoms with Crippen LogP contribution in [0, 0.1) is 0 Å². The third-order valence-corrected chi connectivity index (χ3v) is 4.74. The van der Waals surface area contributed by atoms with Crippen LogP contribution in [0.1, 0.15) is 41.8 Å². The van der Waals surface area contributed by atoms with Crippen LogP contribution in [-0.4, -0.2) is 34.2 Å². The summed E-state index contributed by atoms with van der Waals surface area (Å²) in [5.74, 6) is 0.0951. The van der Waals surface area contributed by atoms with E-state index in [2.05, 4.69) is 15.6 Å². The minimum Gasteiger partial charge on any atom is -0.393 e. The number of nitrogen functional groups attached to an aromatic ring is 1. The van der Waals surface area contributed by atoms with Crippen molar-refractivity contribution in [2.24, 2.45) is 0 Å². The SMILES string of the molecule is Nc1nc(NC2CCC2)sc1C(=O)NC1CC(O)C1. The molecule has 2 fully saturated rings. The Labute approximate surface area is 115 Å². The monoisotopic (exact) mass is 282 g/mol. The highest BCUT2D eigenvalue weighted by Crippen LogP contribution is 2.30. The number of nitrogens with zero attached hydrogens (tertiary/aromatic N) is 1. The average molecular weight is 282 g/mol. The third kappa shape index (κ3) is 2.66. The maximum atomic E-state index is 12.0. The van der Waals surface area contributed by atoms with Crippen LogP contribution in [0.15, 0.2) is 0 Å². The number of aromatic nitrogens is 1. The molecule has 0 aromatic carbocycles. The van der Waals surface area contributed by atoms with Gasteiger partial charge in [-0.25, -0.2) is 4.98 Å². The normalized spacial score (nSPS) is 26.4. The van der Waals surface area contributed by atoms with E-state index in [0.717, 1.165) is 18.0 Å². The highest BCUT2D eigenvalue weighted by molar-refractivity contribution is 7.18. The lowest BCUT2D eigenvalue weighted by Gasteiger charge is -2.31. The molecule has 5 N–H and O–H groups in total. The summed E-state index contributed by atoms with van der Waals surface area (Å²) in [6.45, 7) is 0. The summed E-state index contributed by atoms with van der Waals surface area (Å²) in [5.41, 5.74) is 5.79. The van der Waals surface area contributed by atoms with Gasteiger partial charge in [-0.2, -0.15) is 0 Å². The first-order valence-electron chi connectivity index (χ1n) is 6.63. The van der Waals surface area contributed by atoms with Crippen LogP contribution >= 0.6 is 11.3 Å². The van der Waals surface area contributed by atoms with Gasteiger partial charge in [0, 0.05) is 12.1 Å². The molecule has 1 aromatic rings. The minimum absolute atomic E-state index is 0.0621. The summed E-state index contributed by atoms with van der Waals surface area (Å²) in [6, 6.07) is 0.537. The molecule has 1 heterocycles. The number of aliphatic hydroxyl groups is 1. The largest absolute Gasteiger partial charge is 0.393 e. The molecule has 0 atom stereocenters. The molecular formula is C12H18N4O2S. The molecule has 2 saturated carbocycles. The number of carbonyl (C=O) groups is 1. The summed E-state index contributed by atoms with van der Waals surface area (Å²) >= 11 is 1.30. The maximum Gasteiger partial charge on any atom is 0.265 e. The fourth-order valence-electron chi connectivity index (χ4n) is 2.24. The molecule has 0 radical (unpaired) electrons. The van der Waals surface area contributed by atoms with Gasteiger partial charge in [-0.1, -0.05) is 11.3 Å². The molecule has 19 heavy (non-hydrogen) atoms. The Morgan fingerprint density at radius 2 is 2.11 bits per heavy atom. The highest BCUT2D eigenvalue weighted by atomic mass is 32.1. The topological polar surface area (TPSA) is 100 Å². The number of carbonyl (C=O) groups excluding carboxylic acids is 1. The molecule has 1 amide bonds. The van der Waals surface area contributed by atoms with Gasteiger partial charge in [0.05, 0.1) is 6.10 Å². The molecule has 3 rings (SSSR count). The zero-order chi connectivity index (χ0) is 13.4. The number of anilines is 2. The number of nitrogens with one attached hydrogen (secondary N) is 2. The van der Waals surface area contributed by atoms with Crippen LogP contribution in [0.25, 0.3) is 0 Å². The van der Waals surface area contributed by atoms with Crippen LogP contribution in [-0.2, 0) is 0 Å². The molecule has 7 heteroatoms. The molecule has 0 spiro atoms. The van der Waals surface area contributed by atoms with Gasteiger partial charge in [0.1, 0.15) is 10.7 Å². The van der Waals surface area contributed by atoms with Crippen LogP contribution in [0.2, 0.25) is 0 Å². The lowest BCUT2D eigenvalue weighted by Crippen LogP contribution is -2.46. The number of nitrogens with two attached hydrogens (primary N) is 1. The van der Waals surface area contributed by atoms with Crippen molar-refractivity contribution >= 4 is 28.2 Å². The first-order chi connectivity index (χ1) is 9.11. The predicted molar refractivity (Wildman–Crippen MR) is 74.3 cm³/mol. The Morgan fingerprint density at radius 3 is 2.68 bits per heavy atom. The van der Waals surface area contributed by atoms with Crippen LogP contribution in [0.3, 0.4) is 0 Å². The predicted octanol–water partition coefficient (Wildman–Crippen LogP) is 0.943. The molecule has 104 valence electrons. The summed E-state index contributed by atoms with van der Waals surface area (Å²) in [5, 5.41) is 16.1. The Bertz CT molecular complexity index is 480. The van der Waals surface area contributed by atoms with E-state index >= 15 is 0 Å². The van der Waals surface area contributed by atoms with Gasteiger partial charge in [-0.3, -0.25) is 4.79 Å². The molecule has 0 aliphatic heterocycles. The Morgan fingerprint density at radius 1 is 1.37 bits per heavy atom. The van der Waals surface area contributed by atoms with Gasteiger partial charge in [-0.15, -0.1) is 0 Å². The van der Waals surface area contributed by atoms with Crippen LogP contribution in [0.5, 0.6) is 0 Å². The Balaban J connectivity index is 1.61. The Hall–Kier alpha value is -1.34. The average Bonchev–Trinajstić information content (AvgIpc) is 2.63. The summed E-state index contributed by atoms with van der Waals surface area (Å²) < 4.78 is 0. The maximum absolute atomic E-state index is 12.0. The second-order valence-corrected chi connectivity index (χ2v) is 6.30. The second kappa shape index (κ2) is 4.97. The van der Waals surface area contributed by atoms with Crippen molar-refractivity contribution in [1.29, 1.82) is 0 Å². The summed E-state index contributed by atoms with van der Waals surface area (Å²) in [4.78, 5) is 16.7. The summed E-state index contributed by atoms with van der Waals surface area (Å²) in [7, 11) is 0. The van der Waals surface area contributed by atoms with Crippen LogP contribution < -0.4 is 16.4 Å². The number of amides is 1. The van der Waals surface area contributed by atoms with Crippen molar-refractivity contribution in [3.8, 4) is 0 Å². The molecule has 0 bridgehead atoms. The lowest BCUT2D eigenvalue weighted by atomic mass is 9.89. The van der Waals surface area contributed by atoms with Gasteiger partial charge >= 0.3 is 0 Å². The number of hydrogen-bond donors (Lipinski definition) is 4. The van der Waals surface area contributed by atoms with E-state index in [0.29, 0.717) is 23.8 Å². The standard InChI is InChI=1S/C12H18N4O2S/c13-10-9(11(18)14-7-4-8(17)5-7)19-12(16-10)15-6-2-1-3-6/h6-8,17H,1-5,13H2,(H,14,18)(H,15,16). The van der Waals surface area contributed by atoms with E-state index in [9.17, 15) is 9.90 Å². The zero-order valence-corrected chi connectivity index (χ0v) is 11.4. The van der Waals surface area contributed by atoms with E-state index < -0.39 is 0 Å². The first-order valence-corrected chi connectivity index (χ1v) is 7.45. The van der Waals surface area contributed by atoms with E-state index in [1.165, 1.54) is 17.8 Å². The molecule has 0 unspecified atom stereocenters. The van der Waals surface area contributed by atoms with E-state index in [-0.39, 0.29) is 23.9 Å². The van der Waals surface area contributed by atoms with E-state index in [1.807, 2.05) is 0 Å². The highest BCUT2D eigenvalue weighted by Gasteiger charge is 2.30. The lowest BCUT2D eigenvalue weighted by molar-refractivity contribution is 0.0565. The van der Waals surface area contributed by atoms with E-state index in [1.54, 1.807) is 0 Å². The van der Waals surface area contributed by atoms with Gasteiger partial charge in [-0.05, 0) is 32.1 Å². The van der Waals surface area contributed by atoms with E-state index in [4.69, 9.17) is 5.73 Å². The molecule has 2 aliphatic carbocycles. The van der Waals surface area contributed by atoms with Crippen molar-refractivity contribution in [3.05, 3.63) is 4.88 Å². The molecule has 6 nitrogen and oxygen atoms in total. The molecule has 1 aromatic heterocycles. The van der Waals surface area contributed by atoms with Crippen molar-refractivity contribution in [2.75, 3.05) is 11.1 Å². The number of hydrogen-bond acceptors (Lipinski definition) is 6. The number of rotatable bonds is 4. The number of thiazole rings is 1. The van der Waals surface area contributed by atoms with Gasteiger partial charge in [0.25, 0.3) is 5.91 Å². The smallest absolute Gasteiger partial charge is 0.265 e. The van der Waals surface area contributed by atoms with Crippen molar-refractivity contribution in [2.45, 2.75) is 50.3 Å². The first kappa shape index (κ1) is 12.7. The fourth-order valence-corrected chi connectivity index (χ4v) is 3.10. The Kier molecular flexibility index (Phi) is 3.32. The zero-order valence-electron chi connectivity index (χ0n) is 10.6. The quantitative estimate of drug-likeness (QED) is 0.658. The minimum atomic E-state index is -0.278. The van der Waals surface area contributed by atoms with Gasteiger partial charge in [0.2, 0.25) is 0 Å². The van der Waals surface area contributed by atoms with Crippen molar-refractivity contribution < 1.29 is 9.90 Å². The molecule has 2 aliphatic rings. The molecule has 0 saturated heterocycles. The molecular weight excluding hydrogens is 264 g/mol. The van der Waals surface area contributed by atoms with Gasteiger partial charge in [0.15, 0.2) is 5.13 Å². The van der Waals surface area contributed by atoms with Crippen LogP contribution in [0.4, 0.5) is 10.9 Å². The fraction of sp³-hybridized carbons (Fsp3) is 0.667. The number of aliphatic hydroxyl groups excluding tert-OH is 1.